The minimum Gasteiger partial charge on any atom is -0.362 e. The average molecular weight is 341 g/mol. The number of nitrogens with zero attached hydrogens (tertiary/aromatic N) is 2. The summed E-state index contributed by atoms with van der Waals surface area (Å²) in [7, 11) is 4.00. The molecule has 0 spiro atoms. The molecule has 4 heteroatoms. The molecule has 0 saturated heterocycles. The normalized spacial score (nSPS) is 10.1. The molecular formula is C8H10BrIN2. The van der Waals surface area contributed by atoms with E-state index < -0.39 is 0 Å². The Morgan fingerprint density at radius 3 is 2.58 bits per heavy atom. The molecule has 0 N–H and O–H groups in total. The zero-order chi connectivity index (χ0) is 9.30. The Labute approximate surface area is 94.6 Å². The van der Waals surface area contributed by atoms with Crippen LogP contribution in [0.1, 0.15) is 5.56 Å². The SMILES string of the molecule is Cc1c(Br)cnc(N(C)C)c1I. The fourth-order valence-corrected chi connectivity index (χ4v) is 2.44. The monoisotopic (exact) mass is 340 g/mol. The third-order valence-corrected chi connectivity index (χ3v) is 3.70. The van der Waals surface area contributed by atoms with Gasteiger partial charge >= 0.3 is 0 Å². The van der Waals surface area contributed by atoms with E-state index in [1.165, 1.54) is 9.13 Å². The molecule has 0 aliphatic carbocycles. The van der Waals surface area contributed by atoms with Gasteiger partial charge in [0.05, 0.1) is 3.57 Å². The second-order valence-electron chi connectivity index (χ2n) is 2.76. The molecule has 1 aromatic rings. The van der Waals surface area contributed by atoms with E-state index in [9.17, 15) is 0 Å². The summed E-state index contributed by atoms with van der Waals surface area (Å²) in [6, 6.07) is 0. The molecule has 12 heavy (non-hydrogen) atoms. The summed E-state index contributed by atoms with van der Waals surface area (Å²) in [5.41, 5.74) is 1.24. The quantitative estimate of drug-likeness (QED) is 0.731. The molecule has 1 rings (SSSR count). The molecule has 0 saturated carbocycles. The van der Waals surface area contributed by atoms with Gasteiger partial charge in [-0.05, 0) is 51.0 Å². The lowest BCUT2D eigenvalue weighted by atomic mass is 10.3. The zero-order valence-corrected chi connectivity index (χ0v) is 11.0. The van der Waals surface area contributed by atoms with Crippen LogP contribution >= 0.6 is 38.5 Å². The summed E-state index contributed by atoms with van der Waals surface area (Å²) < 4.78 is 2.27. The van der Waals surface area contributed by atoms with Gasteiger partial charge in [0.2, 0.25) is 0 Å². The van der Waals surface area contributed by atoms with E-state index in [2.05, 4.69) is 50.4 Å². The first-order valence-corrected chi connectivity index (χ1v) is 5.39. The first kappa shape index (κ1) is 10.2. The van der Waals surface area contributed by atoms with Crippen molar-refractivity contribution in [3.63, 3.8) is 0 Å². The average Bonchev–Trinajstić information content (AvgIpc) is 2.00. The lowest BCUT2D eigenvalue weighted by molar-refractivity contribution is 1.05. The van der Waals surface area contributed by atoms with E-state index >= 15 is 0 Å². The lowest BCUT2D eigenvalue weighted by Gasteiger charge is -2.14. The van der Waals surface area contributed by atoms with Crippen molar-refractivity contribution in [2.24, 2.45) is 0 Å². The number of rotatable bonds is 1. The summed E-state index contributed by atoms with van der Waals surface area (Å²) in [5, 5.41) is 0. The largest absolute Gasteiger partial charge is 0.362 e. The van der Waals surface area contributed by atoms with Crippen LogP contribution in [-0.4, -0.2) is 19.1 Å². The third kappa shape index (κ3) is 1.90. The number of aromatic nitrogens is 1. The van der Waals surface area contributed by atoms with Gasteiger partial charge in [-0.25, -0.2) is 4.98 Å². The topological polar surface area (TPSA) is 16.1 Å². The van der Waals surface area contributed by atoms with Gasteiger partial charge in [0.1, 0.15) is 5.82 Å². The third-order valence-electron chi connectivity index (χ3n) is 1.61. The van der Waals surface area contributed by atoms with Gasteiger partial charge in [-0.3, -0.25) is 0 Å². The highest BCUT2D eigenvalue weighted by Gasteiger charge is 2.08. The highest BCUT2D eigenvalue weighted by Crippen LogP contribution is 2.26. The molecule has 0 bridgehead atoms. The lowest BCUT2D eigenvalue weighted by Crippen LogP contribution is -2.12. The standard InChI is InChI=1S/C8H10BrIN2/c1-5-6(9)4-11-8(7(5)10)12(2)3/h4H,1-3H3. The van der Waals surface area contributed by atoms with Crippen LogP contribution in [0.5, 0.6) is 0 Å². The number of pyridine rings is 1. The maximum atomic E-state index is 4.31. The zero-order valence-electron chi connectivity index (χ0n) is 7.23. The van der Waals surface area contributed by atoms with E-state index in [-0.39, 0.29) is 0 Å². The van der Waals surface area contributed by atoms with Crippen LogP contribution in [0.15, 0.2) is 10.7 Å². The molecule has 0 amide bonds. The molecular weight excluding hydrogens is 331 g/mol. The van der Waals surface area contributed by atoms with Crippen molar-refractivity contribution >= 4 is 44.3 Å². The first-order chi connectivity index (χ1) is 5.54. The van der Waals surface area contributed by atoms with Crippen molar-refractivity contribution < 1.29 is 0 Å². The Morgan fingerprint density at radius 1 is 1.50 bits per heavy atom. The minimum absolute atomic E-state index is 1.02. The minimum atomic E-state index is 1.02. The first-order valence-electron chi connectivity index (χ1n) is 3.52. The van der Waals surface area contributed by atoms with Crippen molar-refractivity contribution in [3.8, 4) is 0 Å². The second-order valence-corrected chi connectivity index (χ2v) is 4.70. The van der Waals surface area contributed by atoms with Gasteiger partial charge in [0.25, 0.3) is 0 Å². The van der Waals surface area contributed by atoms with Crippen molar-refractivity contribution in [1.29, 1.82) is 0 Å². The molecule has 0 unspecified atom stereocenters. The predicted molar refractivity (Wildman–Crippen MR) is 63.7 cm³/mol. The van der Waals surface area contributed by atoms with Crippen LogP contribution in [0.25, 0.3) is 0 Å². The molecule has 1 heterocycles. The van der Waals surface area contributed by atoms with Gasteiger partial charge in [-0.2, -0.15) is 0 Å². The van der Waals surface area contributed by atoms with E-state index in [4.69, 9.17) is 0 Å². The summed E-state index contributed by atoms with van der Waals surface area (Å²) in [6.45, 7) is 2.08. The Hall–Kier alpha value is 0.160. The van der Waals surface area contributed by atoms with Crippen molar-refractivity contribution in [3.05, 3.63) is 19.8 Å². The van der Waals surface area contributed by atoms with E-state index in [0.29, 0.717) is 0 Å². The smallest absolute Gasteiger partial charge is 0.141 e. The maximum Gasteiger partial charge on any atom is 0.141 e. The molecule has 1 aromatic heterocycles. The van der Waals surface area contributed by atoms with Crippen molar-refractivity contribution in [2.75, 3.05) is 19.0 Å². The molecule has 0 aromatic carbocycles. The van der Waals surface area contributed by atoms with Crippen molar-refractivity contribution in [1.82, 2.24) is 4.98 Å². The van der Waals surface area contributed by atoms with E-state index in [0.717, 1.165) is 10.3 Å². The molecule has 0 atom stereocenters. The van der Waals surface area contributed by atoms with Gasteiger partial charge in [-0.15, -0.1) is 0 Å². The van der Waals surface area contributed by atoms with E-state index in [1.807, 2.05) is 25.2 Å². The molecule has 0 aliphatic heterocycles. The van der Waals surface area contributed by atoms with Crippen LogP contribution in [0, 0.1) is 10.5 Å². The van der Waals surface area contributed by atoms with Crippen LogP contribution in [-0.2, 0) is 0 Å². The van der Waals surface area contributed by atoms with Gasteiger partial charge < -0.3 is 4.90 Å². The van der Waals surface area contributed by atoms with E-state index in [1.54, 1.807) is 0 Å². The number of hydrogen-bond donors (Lipinski definition) is 0. The Morgan fingerprint density at radius 2 is 2.08 bits per heavy atom. The fourth-order valence-electron chi connectivity index (χ4n) is 0.856. The van der Waals surface area contributed by atoms with Crippen LogP contribution in [0.2, 0.25) is 0 Å². The Bertz CT molecular complexity index is 299. The number of hydrogen-bond acceptors (Lipinski definition) is 2. The number of halogens is 2. The summed E-state index contributed by atoms with van der Waals surface area (Å²) >= 11 is 5.76. The maximum absolute atomic E-state index is 4.31. The summed E-state index contributed by atoms with van der Waals surface area (Å²) in [4.78, 5) is 6.32. The Balaban J connectivity index is 3.27. The van der Waals surface area contributed by atoms with Crippen LogP contribution < -0.4 is 4.90 Å². The van der Waals surface area contributed by atoms with Crippen LogP contribution in [0.4, 0.5) is 5.82 Å². The second kappa shape index (κ2) is 3.91. The Kier molecular flexibility index (Phi) is 3.34. The molecule has 0 radical (unpaired) electrons. The van der Waals surface area contributed by atoms with Gasteiger partial charge in [0, 0.05) is 24.8 Å². The summed E-state index contributed by atoms with van der Waals surface area (Å²) in [6.07, 6.45) is 1.84. The van der Waals surface area contributed by atoms with Crippen LogP contribution in [0.3, 0.4) is 0 Å². The highest BCUT2D eigenvalue weighted by atomic mass is 127. The van der Waals surface area contributed by atoms with Gasteiger partial charge in [-0.1, -0.05) is 0 Å². The molecule has 2 nitrogen and oxygen atoms in total. The number of anilines is 1. The highest BCUT2D eigenvalue weighted by molar-refractivity contribution is 14.1. The fraction of sp³-hybridized carbons (Fsp3) is 0.375. The molecule has 0 fully saturated rings. The summed E-state index contributed by atoms with van der Waals surface area (Å²) in [5.74, 6) is 1.02. The molecule has 0 aliphatic rings. The van der Waals surface area contributed by atoms with Gasteiger partial charge in [0.15, 0.2) is 0 Å². The molecule has 66 valence electrons. The predicted octanol–water partition coefficient (Wildman–Crippen LogP) is 2.82. The van der Waals surface area contributed by atoms with Crippen molar-refractivity contribution in [2.45, 2.75) is 6.92 Å².